The smallest absolute Gasteiger partial charge is 0.320 e. The molecule has 0 saturated carbocycles. The molecule has 1 aromatic rings. The van der Waals surface area contributed by atoms with E-state index in [0.29, 0.717) is 5.69 Å². The normalized spacial score (nSPS) is 11.2. The van der Waals surface area contributed by atoms with E-state index in [-0.39, 0.29) is 6.01 Å². The van der Waals surface area contributed by atoms with Crippen molar-refractivity contribution in [3.05, 3.63) is 12.0 Å². The molecule has 0 radical (unpaired) electrons. The lowest BCUT2D eigenvalue weighted by molar-refractivity contribution is -0.134. The summed E-state index contributed by atoms with van der Waals surface area (Å²) in [7, 11) is -3.93. The van der Waals surface area contributed by atoms with Crippen molar-refractivity contribution in [1.29, 1.82) is 0 Å². The molecule has 1 heterocycles. The molecule has 0 aliphatic rings. The van der Waals surface area contributed by atoms with Gasteiger partial charge in [0, 0.05) is 0 Å². The van der Waals surface area contributed by atoms with Gasteiger partial charge in [0.15, 0.2) is 5.75 Å². The molecule has 7 nitrogen and oxygen atoms in total. The van der Waals surface area contributed by atoms with Crippen molar-refractivity contribution in [2.24, 2.45) is 0 Å². The van der Waals surface area contributed by atoms with Crippen molar-refractivity contribution < 1.29 is 22.7 Å². The first-order valence-electron chi connectivity index (χ1n) is 3.53. The lowest BCUT2D eigenvalue weighted by Crippen LogP contribution is -2.22. The molecule has 0 saturated heterocycles. The summed E-state index contributed by atoms with van der Waals surface area (Å²) in [4.78, 5) is 13.8. The summed E-state index contributed by atoms with van der Waals surface area (Å²) in [5.74, 6) is -2.46. The van der Waals surface area contributed by atoms with Crippen molar-refractivity contribution in [2.75, 3.05) is 10.5 Å². The molecule has 0 aliphatic heterocycles. The van der Waals surface area contributed by atoms with Crippen LogP contribution in [0.15, 0.2) is 10.7 Å². The van der Waals surface area contributed by atoms with E-state index in [2.05, 4.69) is 9.40 Å². The van der Waals surface area contributed by atoms with Gasteiger partial charge in [0.1, 0.15) is 6.26 Å². The molecule has 78 valence electrons. The second-order valence-corrected chi connectivity index (χ2v) is 4.27. The summed E-state index contributed by atoms with van der Waals surface area (Å²) in [6.45, 7) is 1.61. The van der Waals surface area contributed by atoms with Gasteiger partial charge >= 0.3 is 12.0 Å². The average molecular weight is 220 g/mol. The Balaban J connectivity index is 2.73. The predicted molar refractivity (Wildman–Crippen MR) is 46.3 cm³/mol. The Bertz CT molecular complexity index is 435. The maximum Gasteiger partial charge on any atom is 0.320 e. The fourth-order valence-electron chi connectivity index (χ4n) is 0.733. The fraction of sp³-hybridized carbons (Fsp3) is 0.333. The Morgan fingerprint density at radius 3 is 2.79 bits per heavy atom. The third-order valence-electron chi connectivity index (χ3n) is 1.18. The van der Waals surface area contributed by atoms with Gasteiger partial charge in [-0.1, -0.05) is 0 Å². The number of aromatic nitrogens is 1. The Morgan fingerprint density at radius 1 is 1.71 bits per heavy atom. The summed E-state index contributed by atoms with van der Waals surface area (Å²) in [6, 6.07) is -0.233. The van der Waals surface area contributed by atoms with Crippen molar-refractivity contribution in [3.63, 3.8) is 0 Å². The number of sulfonamides is 1. The van der Waals surface area contributed by atoms with E-state index in [9.17, 15) is 13.2 Å². The molecule has 14 heavy (non-hydrogen) atoms. The molecule has 1 aromatic heterocycles. The van der Waals surface area contributed by atoms with E-state index >= 15 is 0 Å². The van der Waals surface area contributed by atoms with Crippen LogP contribution in [0.1, 0.15) is 5.69 Å². The molecule has 0 bridgehead atoms. The Morgan fingerprint density at radius 2 is 2.36 bits per heavy atom. The zero-order valence-corrected chi connectivity index (χ0v) is 8.04. The lowest BCUT2D eigenvalue weighted by atomic mass is 10.6. The van der Waals surface area contributed by atoms with Crippen LogP contribution in [-0.2, 0) is 14.8 Å². The number of hydrogen-bond acceptors (Lipinski definition) is 5. The number of nitrogens with zero attached hydrogens (tertiary/aromatic N) is 1. The summed E-state index contributed by atoms with van der Waals surface area (Å²) in [6.07, 6.45) is 1.25. The van der Waals surface area contributed by atoms with Crippen molar-refractivity contribution >= 4 is 22.0 Å². The molecule has 0 fully saturated rings. The first kappa shape index (κ1) is 10.5. The molecule has 0 aliphatic carbocycles. The van der Waals surface area contributed by atoms with E-state index < -0.39 is 21.7 Å². The summed E-state index contributed by atoms with van der Waals surface area (Å²) in [5.41, 5.74) is 0.498. The van der Waals surface area contributed by atoms with E-state index in [0.717, 1.165) is 0 Å². The average Bonchev–Trinajstić information content (AvgIpc) is 2.30. The van der Waals surface area contributed by atoms with E-state index in [1.54, 1.807) is 6.92 Å². The molecule has 0 aromatic carbocycles. The van der Waals surface area contributed by atoms with Crippen LogP contribution in [0.2, 0.25) is 0 Å². The van der Waals surface area contributed by atoms with Gasteiger partial charge in [0.05, 0.1) is 5.69 Å². The molecule has 1 rings (SSSR count). The maximum atomic E-state index is 11.0. The summed E-state index contributed by atoms with van der Waals surface area (Å²) in [5, 5.41) is 8.26. The number of rotatable bonds is 4. The molecule has 0 atom stereocenters. The number of hydrogen-bond donors (Lipinski definition) is 2. The topological polar surface area (TPSA) is 110 Å². The SMILES string of the molecule is Cc1coc(NS(=O)(=O)CC(=O)O)n1. The van der Waals surface area contributed by atoms with Gasteiger partial charge in [-0.2, -0.15) is 4.98 Å². The van der Waals surface area contributed by atoms with Gasteiger partial charge < -0.3 is 9.52 Å². The van der Waals surface area contributed by atoms with Crippen LogP contribution in [0.25, 0.3) is 0 Å². The molecule has 2 N–H and O–H groups in total. The first-order valence-corrected chi connectivity index (χ1v) is 5.19. The van der Waals surface area contributed by atoms with Gasteiger partial charge in [0.2, 0.25) is 10.0 Å². The highest BCUT2D eigenvalue weighted by atomic mass is 32.2. The van der Waals surface area contributed by atoms with Crippen LogP contribution in [0.4, 0.5) is 6.01 Å². The third-order valence-corrected chi connectivity index (χ3v) is 2.29. The Labute approximate surface area is 79.8 Å². The number of aryl methyl sites for hydroxylation is 1. The molecule has 0 spiro atoms. The second-order valence-electron chi connectivity index (χ2n) is 2.55. The largest absolute Gasteiger partial charge is 0.480 e. The van der Waals surface area contributed by atoms with Crippen LogP contribution in [-0.4, -0.2) is 30.2 Å². The van der Waals surface area contributed by atoms with Gasteiger partial charge in [-0.25, -0.2) is 13.1 Å². The minimum Gasteiger partial charge on any atom is -0.480 e. The molecule has 0 unspecified atom stereocenters. The monoisotopic (exact) mass is 220 g/mol. The number of oxazole rings is 1. The van der Waals surface area contributed by atoms with Crippen molar-refractivity contribution in [3.8, 4) is 0 Å². The zero-order valence-electron chi connectivity index (χ0n) is 7.22. The minimum atomic E-state index is -3.93. The highest BCUT2D eigenvalue weighted by Gasteiger charge is 2.17. The quantitative estimate of drug-likeness (QED) is 0.727. The molecule has 0 amide bonds. The van der Waals surface area contributed by atoms with Crippen LogP contribution < -0.4 is 4.72 Å². The Hall–Kier alpha value is -1.57. The van der Waals surface area contributed by atoms with Crippen LogP contribution in [0.5, 0.6) is 0 Å². The van der Waals surface area contributed by atoms with Crippen LogP contribution in [0, 0.1) is 6.92 Å². The van der Waals surface area contributed by atoms with Crippen LogP contribution >= 0.6 is 0 Å². The second kappa shape index (κ2) is 3.66. The number of carboxylic acid groups (broad SMARTS) is 1. The van der Waals surface area contributed by atoms with Gasteiger partial charge in [0.25, 0.3) is 0 Å². The van der Waals surface area contributed by atoms with E-state index in [4.69, 9.17) is 5.11 Å². The predicted octanol–water partition coefficient (Wildman–Crippen LogP) is -0.191. The van der Waals surface area contributed by atoms with Crippen molar-refractivity contribution in [1.82, 2.24) is 4.98 Å². The van der Waals surface area contributed by atoms with Gasteiger partial charge in [-0.05, 0) is 6.92 Å². The number of aliphatic carboxylic acids is 1. The fourth-order valence-corrected chi connectivity index (χ4v) is 1.49. The van der Waals surface area contributed by atoms with E-state index in [1.807, 2.05) is 4.72 Å². The standard InChI is InChI=1S/C6H8N2O5S/c1-4-2-13-6(7-4)8-14(11,12)3-5(9)10/h2H,3H2,1H3,(H,7,8)(H,9,10). The van der Waals surface area contributed by atoms with Gasteiger partial charge in [-0.15, -0.1) is 0 Å². The molecule has 8 heteroatoms. The lowest BCUT2D eigenvalue weighted by Gasteiger charge is -1.99. The summed E-state index contributed by atoms with van der Waals surface area (Å²) < 4.78 is 28.6. The molecular formula is C6H8N2O5S. The number of anilines is 1. The van der Waals surface area contributed by atoms with Gasteiger partial charge in [-0.3, -0.25) is 4.79 Å². The first-order chi connectivity index (χ1) is 6.39. The Kier molecular flexibility index (Phi) is 2.75. The number of nitrogens with one attached hydrogen (secondary N) is 1. The summed E-state index contributed by atoms with van der Waals surface area (Å²) >= 11 is 0. The maximum absolute atomic E-state index is 11.0. The number of carboxylic acids is 1. The van der Waals surface area contributed by atoms with Crippen LogP contribution in [0.3, 0.4) is 0 Å². The highest BCUT2D eigenvalue weighted by Crippen LogP contribution is 2.08. The van der Waals surface area contributed by atoms with Crippen molar-refractivity contribution in [2.45, 2.75) is 6.92 Å². The zero-order chi connectivity index (χ0) is 10.8. The van der Waals surface area contributed by atoms with E-state index in [1.165, 1.54) is 6.26 Å². The third kappa shape index (κ3) is 3.05. The minimum absolute atomic E-state index is 0.233. The molecular weight excluding hydrogens is 212 g/mol. The number of carbonyl (C=O) groups is 1. The highest BCUT2D eigenvalue weighted by molar-refractivity contribution is 7.93.